The van der Waals surface area contributed by atoms with Crippen molar-refractivity contribution in [1.29, 1.82) is 0 Å². The molecule has 0 spiro atoms. The molecule has 7 nitrogen and oxygen atoms in total. The molecule has 1 heterocycles. The van der Waals surface area contributed by atoms with Crippen LogP contribution in [0, 0.1) is 0 Å². The van der Waals surface area contributed by atoms with E-state index in [1.807, 2.05) is 44.2 Å². The van der Waals surface area contributed by atoms with Gasteiger partial charge < -0.3 is 16.0 Å². The summed E-state index contributed by atoms with van der Waals surface area (Å²) in [7, 11) is 0. The van der Waals surface area contributed by atoms with E-state index in [1.54, 1.807) is 6.07 Å². The third kappa shape index (κ3) is 4.00. The Morgan fingerprint density at radius 1 is 1.19 bits per heavy atom. The predicted octanol–water partition coefficient (Wildman–Crippen LogP) is 2.63. The fourth-order valence-corrected chi connectivity index (χ4v) is 3.16. The van der Waals surface area contributed by atoms with E-state index in [2.05, 4.69) is 10.2 Å². The van der Waals surface area contributed by atoms with E-state index in [4.69, 9.17) is 10.8 Å². The van der Waals surface area contributed by atoms with Gasteiger partial charge in [-0.1, -0.05) is 24.3 Å². The second kappa shape index (κ2) is 6.76. The molecule has 3 aromatic rings. The van der Waals surface area contributed by atoms with Gasteiger partial charge in [0.05, 0.1) is 0 Å². The van der Waals surface area contributed by atoms with Crippen LogP contribution in [0.25, 0.3) is 22.2 Å². The highest BCUT2D eigenvalue weighted by Gasteiger charge is 2.18. The van der Waals surface area contributed by atoms with Crippen molar-refractivity contribution in [3.63, 3.8) is 0 Å². The van der Waals surface area contributed by atoms with E-state index in [-0.39, 0.29) is 6.42 Å². The zero-order valence-electron chi connectivity index (χ0n) is 14.8. The van der Waals surface area contributed by atoms with Crippen LogP contribution in [-0.2, 0) is 17.6 Å². The molecule has 0 saturated carbocycles. The third-order valence-corrected chi connectivity index (χ3v) is 4.19. The molecule has 7 heteroatoms. The standard InChI is InChI=1S/C19H22N4O3/c1-19(2,20)11-13-4-3-5-14(15(13)7-9-18(24)25)12-6-8-16-17(10-12)22-23(26)21-16/h3-6,8,10,26H,7,9,11,20H2,1-2H3,(H,24,25). The summed E-state index contributed by atoms with van der Waals surface area (Å²) in [6, 6.07) is 11.4. The summed E-state index contributed by atoms with van der Waals surface area (Å²) >= 11 is 0. The molecule has 4 N–H and O–H groups in total. The number of carboxylic acids is 1. The van der Waals surface area contributed by atoms with Gasteiger partial charge >= 0.3 is 5.97 Å². The molecule has 0 amide bonds. The third-order valence-electron chi connectivity index (χ3n) is 4.19. The maximum absolute atomic E-state index is 11.1. The first kappa shape index (κ1) is 17.9. The Hall–Kier alpha value is -2.93. The van der Waals surface area contributed by atoms with E-state index < -0.39 is 11.5 Å². The van der Waals surface area contributed by atoms with Crippen LogP contribution in [0.5, 0.6) is 0 Å². The SMILES string of the molecule is CC(C)(N)Cc1cccc(-c2ccc3nn(O)nc3c2)c1CCC(=O)O. The minimum absolute atomic E-state index is 0.0457. The first-order chi connectivity index (χ1) is 12.2. The zero-order valence-corrected chi connectivity index (χ0v) is 14.8. The van der Waals surface area contributed by atoms with Gasteiger partial charge in [-0.15, -0.1) is 10.2 Å². The number of rotatable bonds is 6. The number of carbonyl (C=O) groups is 1. The molecule has 0 unspecified atom stereocenters. The van der Waals surface area contributed by atoms with Crippen LogP contribution in [-0.4, -0.2) is 37.0 Å². The molecular weight excluding hydrogens is 332 g/mol. The molecule has 0 aliphatic carbocycles. The second-order valence-electron chi connectivity index (χ2n) is 7.17. The van der Waals surface area contributed by atoms with Gasteiger partial charge in [-0.25, -0.2) is 0 Å². The fourth-order valence-electron chi connectivity index (χ4n) is 3.16. The molecule has 0 bridgehead atoms. The summed E-state index contributed by atoms with van der Waals surface area (Å²) in [5, 5.41) is 26.3. The first-order valence-electron chi connectivity index (χ1n) is 8.41. The molecule has 0 atom stereocenters. The van der Waals surface area contributed by atoms with Gasteiger partial charge in [-0.2, -0.15) is 0 Å². The normalized spacial score (nSPS) is 11.8. The molecule has 0 aliphatic heterocycles. The van der Waals surface area contributed by atoms with Crippen molar-refractivity contribution in [3.8, 4) is 11.1 Å². The fraction of sp³-hybridized carbons (Fsp3) is 0.316. The number of hydrogen-bond acceptors (Lipinski definition) is 5. The molecule has 0 aliphatic rings. The summed E-state index contributed by atoms with van der Waals surface area (Å²) < 4.78 is 0. The second-order valence-corrected chi connectivity index (χ2v) is 7.17. The van der Waals surface area contributed by atoms with Crippen molar-refractivity contribution in [2.45, 2.75) is 38.6 Å². The van der Waals surface area contributed by atoms with Gasteiger partial charge in [0.2, 0.25) is 0 Å². The lowest BCUT2D eigenvalue weighted by molar-refractivity contribution is -0.136. The Labute approximate surface area is 151 Å². The van der Waals surface area contributed by atoms with Gasteiger partial charge in [0, 0.05) is 12.0 Å². The van der Waals surface area contributed by atoms with Crippen LogP contribution in [0.15, 0.2) is 36.4 Å². The average Bonchev–Trinajstić information content (AvgIpc) is 2.90. The van der Waals surface area contributed by atoms with Crippen molar-refractivity contribution < 1.29 is 15.1 Å². The van der Waals surface area contributed by atoms with E-state index in [9.17, 15) is 10.0 Å². The molecule has 0 saturated heterocycles. The molecule has 2 aromatic carbocycles. The van der Waals surface area contributed by atoms with Crippen LogP contribution < -0.4 is 5.73 Å². The summed E-state index contributed by atoms with van der Waals surface area (Å²) in [6.07, 6.45) is 1.11. The number of nitrogens with two attached hydrogens (primary N) is 1. The lowest BCUT2D eigenvalue weighted by Gasteiger charge is -2.22. The highest BCUT2D eigenvalue weighted by atomic mass is 16.5. The van der Waals surface area contributed by atoms with Gasteiger partial charge in [0.25, 0.3) is 0 Å². The van der Waals surface area contributed by atoms with Crippen LogP contribution in [0.2, 0.25) is 0 Å². The van der Waals surface area contributed by atoms with Crippen LogP contribution in [0.1, 0.15) is 31.4 Å². The largest absolute Gasteiger partial charge is 0.481 e. The zero-order chi connectivity index (χ0) is 18.9. The van der Waals surface area contributed by atoms with E-state index >= 15 is 0 Å². The van der Waals surface area contributed by atoms with Gasteiger partial charge in [-0.3, -0.25) is 4.79 Å². The Morgan fingerprint density at radius 3 is 2.62 bits per heavy atom. The van der Waals surface area contributed by atoms with Crippen molar-refractivity contribution in [2.24, 2.45) is 5.73 Å². The minimum atomic E-state index is -0.837. The Kier molecular flexibility index (Phi) is 4.65. The van der Waals surface area contributed by atoms with Crippen molar-refractivity contribution in [1.82, 2.24) is 15.2 Å². The number of carboxylic acid groups (broad SMARTS) is 1. The number of aliphatic carboxylic acids is 1. The molecular formula is C19H22N4O3. The topological polar surface area (TPSA) is 114 Å². The Bertz CT molecular complexity index is 957. The minimum Gasteiger partial charge on any atom is -0.481 e. The molecule has 1 aromatic heterocycles. The molecule has 3 rings (SSSR count). The number of hydrogen-bond donors (Lipinski definition) is 3. The van der Waals surface area contributed by atoms with Gasteiger partial charge in [-0.05, 0) is 66.0 Å². The molecule has 26 heavy (non-hydrogen) atoms. The maximum atomic E-state index is 11.1. The summed E-state index contributed by atoms with van der Waals surface area (Å²) in [6.45, 7) is 3.90. The molecule has 136 valence electrons. The van der Waals surface area contributed by atoms with Crippen LogP contribution in [0.4, 0.5) is 0 Å². The smallest absolute Gasteiger partial charge is 0.303 e. The number of benzene rings is 2. The first-order valence-corrected chi connectivity index (χ1v) is 8.41. The van der Waals surface area contributed by atoms with Crippen molar-refractivity contribution in [2.75, 3.05) is 0 Å². The van der Waals surface area contributed by atoms with Gasteiger partial charge in [0.1, 0.15) is 11.0 Å². The highest BCUT2D eigenvalue weighted by Crippen LogP contribution is 2.30. The number of nitrogens with zero attached hydrogens (tertiary/aromatic N) is 3. The Balaban J connectivity index is 2.10. The van der Waals surface area contributed by atoms with Crippen LogP contribution in [0.3, 0.4) is 0 Å². The van der Waals surface area contributed by atoms with E-state index in [0.29, 0.717) is 28.8 Å². The predicted molar refractivity (Wildman–Crippen MR) is 98.1 cm³/mol. The average molecular weight is 354 g/mol. The Morgan fingerprint density at radius 2 is 1.92 bits per heavy atom. The lowest BCUT2D eigenvalue weighted by Crippen LogP contribution is -2.34. The molecule has 0 fully saturated rings. The summed E-state index contributed by atoms with van der Waals surface area (Å²) in [4.78, 5) is 11.7. The van der Waals surface area contributed by atoms with E-state index in [0.717, 1.165) is 22.3 Å². The monoisotopic (exact) mass is 354 g/mol. The van der Waals surface area contributed by atoms with Gasteiger partial charge in [0.15, 0.2) is 0 Å². The highest BCUT2D eigenvalue weighted by molar-refractivity contribution is 5.82. The molecule has 0 radical (unpaired) electrons. The number of aromatic nitrogens is 3. The van der Waals surface area contributed by atoms with Crippen molar-refractivity contribution >= 4 is 17.0 Å². The maximum Gasteiger partial charge on any atom is 0.303 e. The van der Waals surface area contributed by atoms with Crippen LogP contribution >= 0.6 is 0 Å². The van der Waals surface area contributed by atoms with E-state index in [1.165, 1.54) is 0 Å². The van der Waals surface area contributed by atoms with Crippen molar-refractivity contribution in [3.05, 3.63) is 47.5 Å². The quantitative estimate of drug-likeness (QED) is 0.586. The number of fused-ring (bicyclic) bond motifs is 1. The lowest BCUT2D eigenvalue weighted by atomic mass is 9.86. The summed E-state index contributed by atoms with van der Waals surface area (Å²) in [5.41, 5.74) is 10.8. The summed E-state index contributed by atoms with van der Waals surface area (Å²) in [5.74, 6) is -0.837.